The molecule has 190 valence electrons. The number of hydrogen-bond donors (Lipinski definition) is 2. The molecule has 9 heteroatoms. The number of aromatic nitrogens is 2. The van der Waals surface area contributed by atoms with Gasteiger partial charge in [0, 0.05) is 23.7 Å². The van der Waals surface area contributed by atoms with Gasteiger partial charge < -0.3 is 14.9 Å². The van der Waals surface area contributed by atoms with Crippen LogP contribution in [0.2, 0.25) is 0 Å². The lowest BCUT2D eigenvalue weighted by Gasteiger charge is -2.38. The molecule has 36 heavy (non-hydrogen) atoms. The summed E-state index contributed by atoms with van der Waals surface area (Å²) in [6.07, 6.45) is 5.91. The van der Waals surface area contributed by atoms with E-state index in [9.17, 15) is 19.1 Å². The lowest BCUT2D eigenvalue weighted by Crippen LogP contribution is -2.52. The highest BCUT2D eigenvalue weighted by Gasteiger charge is 2.39. The van der Waals surface area contributed by atoms with E-state index in [4.69, 9.17) is 4.52 Å². The topological polar surface area (TPSA) is 109 Å². The first-order chi connectivity index (χ1) is 17.2. The molecule has 0 bridgehead atoms. The Hall–Kier alpha value is -3.59. The SMILES string of the molecule is CCCC1CCc2cc(-c3cc(C(=O)Nc4ccon4)c(F)cc3C)cnc2N(C(C)(C)CO)C1=O. The van der Waals surface area contributed by atoms with Gasteiger partial charge in [-0.3, -0.25) is 14.5 Å². The third kappa shape index (κ3) is 4.88. The summed E-state index contributed by atoms with van der Waals surface area (Å²) < 4.78 is 19.5. The molecule has 1 aliphatic rings. The molecule has 0 spiro atoms. The van der Waals surface area contributed by atoms with E-state index in [1.54, 1.807) is 18.0 Å². The van der Waals surface area contributed by atoms with E-state index >= 15 is 0 Å². The van der Waals surface area contributed by atoms with Gasteiger partial charge in [0.25, 0.3) is 5.91 Å². The summed E-state index contributed by atoms with van der Waals surface area (Å²) in [6.45, 7) is 7.26. The maximum absolute atomic E-state index is 14.7. The molecule has 8 nitrogen and oxygen atoms in total. The fourth-order valence-electron chi connectivity index (χ4n) is 4.67. The molecule has 1 aromatic carbocycles. The minimum atomic E-state index is -0.825. The smallest absolute Gasteiger partial charge is 0.259 e. The molecule has 0 aliphatic carbocycles. The van der Waals surface area contributed by atoms with Crippen LogP contribution in [-0.4, -0.2) is 39.2 Å². The summed E-state index contributed by atoms with van der Waals surface area (Å²) in [7, 11) is 0. The number of halogens is 1. The van der Waals surface area contributed by atoms with Crippen molar-refractivity contribution in [2.45, 2.75) is 58.9 Å². The number of anilines is 2. The van der Waals surface area contributed by atoms with Crippen LogP contribution in [-0.2, 0) is 11.2 Å². The molecule has 2 amide bonds. The van der Waals surface area contributed by atoms with Crippen LogP contribution in [0.3, 0.4) is 0 Å². The summed E-state index contributed by atoms with van der Waals surface area (Å²) in [5.41, 5.74) is 1.94. The van der Waals surface area contributed by atoms with Crippen LogP contribution in [0.4, 0.5) is 16.0 Å². The van der Waals surface area contributed by atoms with Gasteiger partial charge in [-0.25, -0.2) is 9.37 Å². The molecule has 2 N–H and O–H groups in total. The van der Waals surface area contributed by atoms with Crippen LogP contribution in [0.5, 0.6) is 0 Å². The molecule has 1 atom stereocenters. The Bertz CT molecular complexity index is 1270. The number of aliphatic hydroxyl groups excluding tert-OH is 1. The van der Waals surface area contributed by atoms with Crippen molar-refractivity contribution in [3.8, 4) is 11.1 Å². The van der Waals surface area contributed by atoms with Crippen molar-refractivity contribution >= 4 is 23.5 Å². The molecule has 0 radical (unpaired) electrons. The maximum Gasteiger partial charge on any atom is 0.259 e. The first-order valence-corrected chi connectivity index (χ1v) is 12.1. The Labute approximate surface area is 209 Å². The normalized spacial score (nSPS) is 16.0. The summed E-state index contributed by atoms with van der Waals surface area (Å²) in [5.74, 6) is -0.758. The maximum atomic E-state index is 14.7. The second-order valence-corrected chi connectivity index (χ2v) is 9.86. The number of carbonyl (C=O) groups is 2. The number of carbonyl (C=O) groups excluding carboxylic acids is 2. The zero-order valence-electron chi connectivity index (χ0n) is 21.0. The molecule has 3 heterocycles. The van der Waals surface area contributed by atoms with E-state index in [2.05, 4.69) is 22.4 Å². The molecule has 0 fully saturated rings. The summed E-state index contributed by atoms with van der Waals surface area (Å²) in [5, 5.41) is 16.2. The Morgan fingerprint density at radius 3 is 2.78 bits per heavy atom. The Balaban J connectivity index is 1.76. The summed E-state index contributed by atoms with van der Waals surface area (Å²) >= 11 is 0. The van der Waals surface area contributed by atoms with Crippen LogP contribution in [0.15, 0.2) is 41.2 Å². The predicted molar refractivity (Wildman–Crippen MR) is 134 cm³/mol. The Kier molecular flexibility index (Phi) is 7.21. The average molecular weight is 495 g/mol. The van der Waals surface area contributed by atoms with Gasteiger partial charge >= 0.3 is 0 Å². The van der Waals surface area contributed by atoms with E-state index < -0.39 is 17.3 Å². The van der Waals surface area contributed by atoms with E-state index in [1.165, 1.54) is 24.5 Å². The lowest BCUT2D eigenvalue weighted by molar-refractivity contribution is -0.124. The highest BCUT2D eigenvalue weighted by atomic mass is 19.1. The van der Waals surface area contributed by atoms with Crippen LogP contribution in [0.25, 0.3) is 11.1 Å². The van der Waals surface area contributed by atoms with E-state index in [-0.39, 0.29) is 29.8 Å². The van der Waals surface area contributed by atoms with E-state index in [1.807, 2.05) is 19.9 Å². The second-order valence-electron chi connectivity index (χ2n) is 9.86. The van der Waals surface area contributed by atoms with Crippen molar-refractivity contribution in [2.24, 2.45) is 5.92 Å². The van der Waals surface area contributed by atoms with E-state index in [0.29, 0.717) is 35.3 Å². The van der Waals surface area contributed by atoms with E-state index in [0.717, 1.165) is 18.4 Å². The molecule has 2 aromatic heterocycles. The van der Waals surface area contributed by atoms with Crippen LogP contribution < -0.4 is 10.2 Å². The van der Waals surface area contributed by atoms with Gasteiger partial charge in [-0.2, -0.15) is 0 Å². The van der Waals surface area contributed by atoms with Crippen LogP contribution in [0, 0.1) is 18.7 Å². The van der Waals surface area contributed by atoms with Gasteiger partial charge in [-0.05, 0) is 74.9 Å². The molecule has 4 rings (SSSR count). The Morgan fingerprint density at radius 1 is 1.33 bits per heavy atom. The number of pyridine rings is 1. The first-order valence-electron chi connectivity index (χ1n) is 12.1. The first kappa shape index (κ1) is 25.5. The van der Waals surface area contributed by atoms with Crippen molar-refractivity contribution in [3.05, 3.63) is 59.2 Å². The molecule has 0 saturated heterocycles. The molecule has 0 saturated carbocycles. The van der Waals surface area contributed by atoms with Crippen molar-refractivity contribution in [1.82, 2.24) is 10.1 Å². The molecular formula is C27H31FN4O4. The van der Waals surface area contributed by atoms with Crippen LogP contribution >= 0.6 is 0 Å². The van der Waals surface area contributed by atoms with Crippen LogP contribution in [0.1, 0.15) is 61.5 Å². The van der Waals surface area contributed by atoms with Gasteiger partial charge in [-0.15, -0.1) is 0 Å². The van der Waals surface area contributed by atoms with Crippen molar-refractivity contribution < 1.29 is 23.6 Å². The monoisotopic (exact) mass is 494 g/mol. The van der Waals surface area contributed by atoms with Crippen molar-refractivity contribution in [1.29, 1.82) is 0 Å². The minimum Gasteiger partial charge on any atom is -0.394 e. The van der Waals surface area contributed by atoms with Gasteiger partial charge in [0.1, 0.15) is 17.9 Å². The highest BCUT2D eigenvalue weighted by molar-refractivity contribution is 6.05. The van der Waals surface area contributed by atoms with Crippen molar-refractivity contribution in [3.63, 3.8) is 0 Å². The third-order valence-corrected chi connectivity index (χ3v) is 6.66. The number of benzene rings is 1. The van der Waals surface area contributed by atoms with Gasteiger partial charge in [-0.1, -0.05) is 18.5 Å². The Morgan fingerprint density at radius 2 is 2.11 bits per heavy atom. The quantitative estimate of drug-likeness (QED) is 0.484. The van der Waals surface area contributed by atoms with Gasteiger partial charge in [0.05, 0.1) is 17.7 Å². The molecule has 1 unspecified atom stereocenters. The zero-order valence-corrected chi connectivity index (χ0v) is 21.0. The number of amides is 2. The largest absolute Gasteiger partial charge is 0.394 e. The summed E-state index contributed by atoms with van der Waals surface area (Å²) in [6, 6.07) is 6.24. The number of nitrogens with zero attached hydrogens (tertiary/aromatic N) is 3. The van der Waals surface area contributed by atoms with Gasteiger partial charge in [0.2, 0.25) is 5.91 Å². The molecule has 1 aliphatic heterocycles. The average Bonchev–Trinajstić information content (AvgIpc) is 3.30. The number of hydrogen-bond acceptors (Lipinski definition) is 6. The number of aliphatic hydroxyl groups is 1. The zero-order chi connectivity index (χ0) is 26.0. The number of aryl methyl sites for hydroxylation is 2. The highest BCUT2D eigenvalue weighted by Crippen LogP contribution is 2.37. The third-order valence-electron chi connectivity index (χ3n) is 6.66. The molecule has 3 aromatic rings. The standard InChI is InChI=1S/C27H31FN4O4/c1-5-6-17-7-8-18-12-19(14-29-24(18)32(26(17)35)27(3,4)15-33)20-13-21(22(28)11-16(20)2)25(34)30-23-9-10-36-31-23/h9-14,17,33H,5-8,15H2,1-4H3,(H,30,31,34). The number of fused-ring (bicyclic) bond motifs is 1. The minimum absolute atomic E-state index is 0.0281. The predicted octanol–water partition coefficient (Wildman–Crippen LogP) is 4.90. The van der Waals surface area contributed by atoms with Gasteiger partial charge in [0.15, 0.2) is 5.82 Å². The molecular weight excluding hydrogens is 463 g/mol. The summed E-state index contributed by atoms with van der Waals surface area (Å²) in [4.78, 5) is 32.5. The lowest BCUT2D eigenvalue weighted by atomic mass is 9.94. The van der Waals surface area contributed by atoms with Crippen molar-refractivity contribution in [2.75, 3.05) is 16.8 Å². The fourth-order valence-corrected chi connectivity index (χ4v) is 4.67. The number of rotatable bonds is 7. The second kappa shape index (κ2) is 10.2. The fraction of sp³-hybridized carbons (Fsp3) is 0.407. The number of nitrogens with one attached hydrogen (secondary N) is 1.